The van der Waals surface area contributed by atoms with Crippen molar-refractivity contribution < 1.29 is 9.53 Å². The molecule has 178 valence electrons. The maximum absolute atomic E-state index is 13.6. The van der Waals surface area contributed by atoms with Gasteiger partial charge in [0, 0.05) is 49.6 Å². The number of fused-ring (bicyclic) bond motifs is 1. The number of anilines is 1. The highest BCUT2D eigenvalue weighted by atomic mass is 35.5. The molecule has 2 aliphatic rings. The predicted octanol–water partition coefficient (Wildman–Crippen LogP) is 4.90. The number of pyridine rings is 1. The fourth-order valence-corrected chi connectivity index (χ4v) is 5.45. The van der Waals surface area contributed by atoms with Crippen LogP contribution in [0.15, 0.2) is 48.8 Å². The van der Waals surface area contributed by atoms with Crippen molar-refractivity contribution in [2.24, 2.45) is 11.8 Å². The molecule has 7 nitrogen and oxygen atoms in total. The van der Waals surface area contributed by atoms with E-state index in [1.807, 2.05) is 41.3 Å². The van der Waals surface area contributed by atoms with Gasteiger partial charge in [-0.15, -0.1) is 5.10 Å². The van der Waals surface area contributed by atoms with Crippen LogP contribution in [0.5, 0.6) is 0 Å². The van der Waals surface area contributed by atoms with Crippen LogP contribution in [-0.2, 0) is 22.7 Å². The van der Waals surface area contributed by atoms with Crippen LogP contribution in [-0.4, -0.2) is 46.4 Å². The molecule has 1 aliphatic carbocycles. The number of hydrogen-bond donors (Lipinski definition) is 0. The molecule has 2 fully saturated rings. The van der Waals surface area contributed by atoms with E-state index in [1.165, 1.54) is 0 Å². The first-order chi connectivity index (χ1) is 16.3. The summed E-state index contributed by atoms with van der Waals surface area (Å²) in [6.45, 7) is 7.95. The van der Waals surface area contributed by atoms with E-state index in [9.17, 15) is 4.79 Å². The predicted molar refractivity (Wildman–Crippen MR) is 135 cm³/mol. The van der Waals surface area contributed by atoms with Gasteiger partial charge in [0.25, 0.3) is 0 Å². The van der Waals surface area contributed by atoms with E-state index in [0.717, 1.165) is 23.6 Å². The van der Waals surface area contributed by atoms with Gasteiger partial charge in [0.05, 0.1) is 0 Å². The van der Waals surface area contributed by atoms with E-state index < -0.39 is 8.07 Å². The van der Waals surface area contributed by atoms with Gasteiger partial charge in [0.15, 0.2) is 5.82 Å². The Kier molecular flexibility index (Phi) is 6.31. The van der Waals surface area contributed by atoms with E-state index in [0.29, 0.717) is 35.7 Å². The Labute approximate surface area is 206 Å². The van der Waals surface area contributed by atoms with E-state index in [-0.39, 0.29) is 24.6 Å². The molecule has 34 heavy (non-hydrogen) atoms. The number of ether oxygens (including phenoxy) is 1. The van der Waals surface area contributed by atoms with Gasteiger partial charge in [-0.05, 0) is 54.6 Å². The fraction of sp³-hybridized carbons (Fsp3) is 0.440. The highest BCUT2D eigenvalue weighted by Gasteiger charge is 2.59. The zero-order valence-corrected chi connectivity index (χ0v) is 21.6. The lowest BCUT2D eigenvalue weighted by Crippen LogP contribution is -2.35. The van der Waals surface area contributed by atoms with Gasteiger partial charge in [-0.3, -0.25) is 14.7 Å². The van der Waals surface area contributed by atoms with Gasteiger partial charge in [-0.1, -0.05) is 43.4 Å². The molecular formula is C25H30ClN5O2Si. The first kappa shape index (κ1) is 23.2. The summed E-state index contributed by atoms with van der Waals surface area (Å²) < 4.78 is 7.74. The monoisotopic (exact) mass is 495 g/mol. The van der Waals surface area contributed by atoms with Gasteiger partial charge in [-0.25, -0.2) is 4.68 Å². The molecule has 1 aromatic carbocycles. The van der Waals surface area contributed by atoms with Crippen LogP contribution in [0.4, 0.5) is 5.95 Å². The molecule has 0 radical (unpaired) electrons. The van der Waals surface area contributed by atoms with Crippen molar-refractivity contribution in [3.8, 4) is 11.4 Å². The minimum Gasteiger partial charge on any atom is -0.359 e. The number of hydrogen-bond acceptors (Lipinski definition) is 5. The summed E-state index contributed by atoms with van der Waals surface area (Å²) in [7, 11) is -1.20. The Bertz CT molecular complexity index is 1160. The molecule has 3 atom stereocenters. The first-order valence-electron chi connectivity index (χ1n) is 11.8. The van der Waals surface area contributed by atoms with Crippen LogP contribution in [0.2, 0.25) is 30.7 Å². The summed E-state index contributed by atoms with van der Waals surface area (Å²) >= 11 is 6.04. The minimum absolute atomic E-state index is 0.0477. The molecular weight excluding hydrogens is 466 g/mol. The summed E-state index contributed by atoms with van der Waals surface area (Å²) in [5.74, 6) is 1.58. The average Bonchev–Trinajstić information content (AvgIpc) is 3.38. The molecule has 1 aliphatic heterocycles. The van der Waals surface area contributed by atoms with Gasteiger partial charge in [0.2, 0.25) is 11.9 Å². The number of nitrogens with zero attached hydrogens (tertiary/aromatic N) is 5. The minimum atomic E-state index is -1.20. The topological polar surface area (TPSA) is 73.1 Å². The Balaban J connectivity index is 1.38. The lowest BCUT2D eigenvalue weighted by Gasteiger charge is -2.21. The number of halogens is 1. The highest BCUT2D eigenvalue weighted by molar-refractivity contribution is 6.76. The van der Waals surface area contributed by atoms with Crippen LogP contribution >= 0.6 is 11.6 Å². The third-order valence-electron chi connectivity index (χ3n) is 6.59. The van der Waals surface area contributed by atoms with Crippen molar-refractivity contribution >= 4 is 31.5 Å². The number of aromatic nitrogens is 4. The molecule has 2 aromatic heterocycles. The molecule has 3 aromatic rings. The smallest absolute Gasteiger partial charge is 0.233 e. The summed E-state index contributed by atoms with van der Waals surface area (Å²) in [5, 5.41) is 5.43. The third kappa shape index (κ3) is 4.94. The second-order valence-corrected chi connectivity index (χ2v) is 16.5. The maximum atomic E-state index is 13.6. The van der Waals surface area contributed by atoms with Crippen LogP contribution in [0.1, 0.15) is 12.0 Å². The summed E-state index contributed by atoms with van der Waals surface area (Å²) in [4.78, 5) is 24.3. The second kappa shape index (κ2) is 9.24. The normalized spacial score (nSPS) is 21.7. The Morgan fingerprint density at radius 2 is 1.85 bits per heavy atom. The molecule has 0 bridgehead atoms. The number of carbonyl (C=O) groups excluding carboxylic acids is 1. The molecule has 3 heterocycles. The van der Waals surface area contributed by atoms with Crippen molar-refractivity contribution in [3.05, 3.63) is 59.4 Å². The van der Waals surface area contributed by atoms with E-state index >= 15 is 0 Å². The van der Waals surface area contributed by atoms with Gasteiger partial charge in [0.1, 0.15) is 6.73 Å². The van der Waals surface area contributed by atoms with Crippen molar-refractivity contribution in [3.63, 3.8) is 0 Å². The van der Waals surface area contributed by atoms with E-state index in [1.54, 1.807) is 17.1 Å². The number of benzene rings is 1. The summed E-state index contributed by atoms with van der Waals surface area (Å²) in [5.41, 5.74) is 2.00. The molecule has 1 saturated heterocycles. The molecule has 0 N–H and O–H groups in total. The highest BCUT2D eigenvalue weighted by Crippen LogP contribution is 2.51. The largest absolute Gasteiger partial charge is 0.359 e. The fourth-order valence-electron chi connectivity index (χ4n) is 4.57. The average molecular weight is 496 g/mol. The molecule has 9 heteroatoms. The lowest BCUT2D eigenvalue weighted by atomic mass is 9.95. The van der Waals surface area contributed by atoms with Crippen molar-refractivity contribution in [1.29, 1.82) is 0 Å². The Morgan fingerprint density at radius 1 is 1.12 bits per heavy atom. The number of rotatable bonds is 9. The van der Waals surface area contributed by atoms with Crippen molar-refractivity contribution in [2.45, 2.75) is 51.3 Å². The zero-order chi connectivity index (χ0) is 23.9. The quantitative estimate of drug-likeness (QED) is 0.312. The number of carbonyl (C=O) groups is 1. The van der Waals surface area contributed by atoms with E-state index in [2.05, 4.69) is 24.6 Å². The SMILES string of the molecule is C[Si](C)(C)CCOCn1nc(-c2ccncc2)nc1N1C(=O)[C@H](Cc2ccc(Cl)cc2)[C@@H]2C[C@@H]21. The zero-order valence-electron chi connectivity index (χ0n) is 19.8. The lowest BCUT2D eigenvalue weighted by molar-refractivity contribution is -0.121. The summed E-state index contributed by atoms with van der Waals surface area (Å²) in [6.07, 6.45) is 5.16. The molecule has 5 rings (SSSR count). The number of piperidine rings is 1. The number of amides is 1. The van der Waals surface area contributed by atoms with Crippen molar-refractivity contribution in [2.75, 3.05) is 11.5 Å². The van der Waals surface area contributed by atoms with Crippen LogP contribution < -0.4 is 4.90 Å². The van der Waals surface area contributed by atoms with Crippen LogP contribution in [0, 0.1) is 11.8 Å². The molecule has 1 amide bonds. The van der Waals surface area contributed by atoms with Gasteiger partial charge in [-0.2, -0.15) is 4.98 Å². The summed E-state index contributed by atoms with van der Waals surface area (Å²) in [6, 6.07) is 12.8. The standard InChI is InChI=1S/C25H30ClN5O2Si/c1-34(2,3)13-12-33-16-30-25(28-23(29-30)18-8-10-27-11-9-18)31-22-15-20(22)21(24(31)32)14-17-4-6-19(26)7-5-17/h4-11,20-22H,12-16H2,1-3H3/t20-,21+,22-/m0/s1. The van der Waals surface area contributed by atoms with Gasteiger partial charge >= 0.3 is 0 Å². The van der Waals surface area contributed by atoms with Crippen LogP contribution in [0.3, 0.4) is 0 Å². The second-order valence-electron chi connectivity index (χ2n) is 10.4. The third-order valence-corrected chi connectivity index (χ3v) is 8.55. The van der Waals surface area contributed by atoms with Crippen LogP contribution in [0.25, 0.3) is 11.4 Å². The Hall–Kier alpha value is -2.55. The Morgan fingerprint density at radius 3 is 2.56 bits per heavy atom. The molecule has 0 unspecified atom stereocenters. The molecule has 1 saturated carbocycles. The maximum Gasteiger partial charge on any atom is 0.233 e. The molecule has 0 spiro atoms. The first-order valence-corrected chi connectivity index (χ1v) is 15.9. The van der Waals surface area contributed by atoms with Crippen molar-refractivity contribution in [1.82, 2.24) is 19.7 Å². The van der Waals surface area contributed by atoms with E-state index in [4.69, 9.17) is 26.4 Å². The van der Waals surface area contributed by atoms with Gasteiger partial charge < -0.3 is 4.74 Å².